The molecule has 128 valence electrons. The highest BCUT2D eigenvalue weighted by molar-refractivity contribution is 9.11. The highest BCUT2D eigenvalue weighted by Gasteiger charge is 2.34. The van der Waals surface area contributed by atoms with Gasteiger partial charge in [-0.25, -0.2) is 8.42 Å². The molecule has 23 heavy (non-hydrogen) atoms. The molecule has 1 atom stereocenters. The van der Waals surface area contributed by atoms with E-state index in [0.29, 0.717) is 10.8 Å². The van der Waals surface area contributed by atoms with Crippen LogP contribution >= 0.6 is 27.3 Å². The summed E-state index contributed by atoms with van der Waals surface area (Å²) in [5.74, 6) is -0.216. The van der Waals surface area contributed by atoms with Gasteiger partial charge in [0.05, 0.1) is 9.70 Å². The first-order valence-electron chi connectivity index (χ1n) is 8.02. The second-order valence-corrected chi connectivity index (χ2v) is 10.9. The summed E-state index contributed by atoms with van der Waals surface area (Å²) >= 11 is 4.51. The number of halogens is 1. The van der Waals surface area contributed by atoms with Crippen molar-refractivity contribution >= 4 is 43.2 Å². The number of hydrogen-bond acceptors (Lipinski definition) is 4. The minimum atomic E-state index is -3.49. The predicted molar refractivity (Wildman–Crippen MR) is 93.9 cm³/mol. The van der Waals surface area contributed by atoms with E-state index in [0.717, 1.165) is 29.5 Å². The number of amides is 1. The Labute approximate surface area is 149 Å². The van der Waals surface area contributed by atoms with Gasteiger partial charge in [0, 0.05) is 19.1 Å². The molecule has 1 N–H and O–H groups in total. The molecule has 0 bridgehead atoms. The Balaban J connectivity index is 1.66. The van der Waals surface area contributed by atoms with E-state index in [9.17, 15) is 13.2 Å². The summed E-state index contributed by atoms with van der Waals surface area (Å²) in [6.45, 7) is 0.779. The lowest BCUT2D eigenvalue weighted by Gasteiger charge is -2.31. The molecule has 1 aliphatic carbocycles. The summed E-state index contributed by atoms with van der Waals surface area (Å²) in [6.07, 6.45) is 5.92. The molecular weight excluding hydrogens is 400 g/mol. The zero-order chi connectivity index (χ0) is 16.4. The number of piperidine rings is 1. The van der Waals surface area contributed by atoms with Gasteiger partial charge < -0.3 is 5.32 Å². The largest absolute Gasteiger partial charge is 0.353 e. The fourth-order valence-corrected chi connectivity index (χ4v) is 7.02. The van der Waals surface area contributed by atoms with Crippen LogP contribution in [0.4, 0.5) is 0 Å². The minimum absolute atomic E-state index is 0.0177. The van der Waals surface area contributed by atoms with Crippen LogP contribution in [0.2, 0.25) is 0 Å². The summed E-state index contributed by atoms with van der Waals surface area (Å²) in [4.78, 5) is 12.4. The molecule has 2 aliphatic rings. The van der Waals surface area contributed by atoms with E-state index in [2.05, 4.69) is 21.2 Å². The average molecular weight is 421 g/mol. The molecule has 0 spiro atoms. The third-order valence-corrected chi connectivity index (χ3v) is 8.56. The molecule has 1 amide bonds. The number of rotatable bonds is 4. The minimum Gasteiger partial charge on any atom is -0.353 e. The molecule has 1 aliphatic heterocycles. The van der Waals surface area contributed by atoms with E-state index in [1.54, 1.807) is 12.1 Å². The van der Waals surface area contributed by atoms with E-state index in [1.807, 2.05) is 0 Å². The van der Waals surface area contributed by atoms with Crippen molar-refractivity contribution in [1.82, 2.24) is 9.62 Å². The number of carbonyl (C=O) groups excluding carboxylic acids is 1. The lowest BCUT2D eigenvalue weighted by atomic mass is 9.98. The van der Waals surface area contributed by atoms with Crippen LogP contribution in [0.1, 0.15) is 38.5 Å². The molecule has 2 fully saturated rings. The van der Waals surface area contributed by atoms with Gasteiger partial charge >= 0.3 is 0 Å². The molecule has 0 aromatic carbocycles. The van der Waals surface area contributed by atoms with Crippen molar-refractivity contribution in [1.29, 1.82) is 0 Å². The lowest BCUT2D eigenvalue weighted by molar-refractivity contribution is -0.126. The Morgan fingerprint density at radius 1 is 1.22 bits per heavy atom. The zero-order valence-corrected chi connectivity index (χ0v) is 16.1. The average Bonchev–Trinajstić information content (AvgIpc) is 3.19. The number of nitrogens with zero attached hydrogens (tertiary/aromatic N) is 1. The number of thiophene rings is 1. The standard InChI is InChI=1S/C15H21BrN2O3S2/c16-13-7-8-14(22-13)23(20,21)18-9-3-4-11(10-18)15(19)17-12-5-1-2-6-12/h7-8,11-12H,1-6,9-10H2,(H,17,19). The highest BCUT2D eigenvalue weighted by Crippen LogP contribution is 2.31. The van der Waals surface area contributed by atoms with Gasteiger partial charge in [-0.2, -0.15) is 4.31 Å². The Morgan fingerprint density at radius 2 is 1.96 bits per heavy atom. The van der Waals surface area contributed by atoms with Crippen LogP contribution in [-0.2, 0) is 14.8 Å². The predicted octanol–water partition coefficient (Wildman–Crippen LogP) is 2.97. The van der Waals surface area contributed by atoms with Crippen LogP contribution in [0.15, 0.2) is 20.1 Å². The second kappa shape index (κ2) is 7.21. The van der Waals surface area contributed by atoms with Gasteiger partial charge in [-0.3, -0.25) is 4.79 Å². The molecule has 1 unspecified atom stereocenters. The van der Waals surface area contributed by atoms with Gasteiger partial charge in [-0.05, 0) is 53.7 Å². The smallest absolute Gasteiger partial charge is 0.252 e. The maximum Gasteiger partial charge on any atom is 0.252 e. The first kappa shape index (κ1) is 17.4. The van der Waals surface area contributed by atoms with E-state index >= 15 is 0 Å². The number of sulfonamides is 1. The van der Waals surface area contributed by atoms with Gasteiger partial charge in [0.15, 0.2) is 0 Å². The Kier molecular flexibility index (Phi) is 5.45. The second-order valence-electron chi connectivity index (χ2n) is 6.25. The highest BCUT2D eigenvalue weighted by atomic mass is 79.9. The third-order valence-electron chi connectivity index (χ3n) is 4.60. The molecule has 1 saturated carbocycles. The molecule has 5 nitrogen and oxygen atoms in total. The zero-order valence-electron chi connectivity index (χ0n) is 12.8. The Bertz CT molecular complexity index is 668. The van der Waals surface area contributed by atoms with E-state index in [1.165, 1.54) is 28.5 Å². The Hall–Kier alpha value is -0.440. The van der Waals surface area contributed by atoms with E-state index in [-0.39, 0.29) is 24.4 Å². The molecule has 8 heteroatoms. The van der Waals surface area contributed by atoms with Crippen molar-refractivity contribution in [2.45, 2.75) is 48.8 Å². The van der Waals surface area contributed by atoms with Crippen molar-refractivity contribution in [3.63, 3.8) is 0 Å². The van der Waals surface area contributed by atoms with Gasteiger partial charge in [0.1, 0.15) is 4.21 Å². The van der Waals surface area contributed by atoms with Gasteiger partial charge in [-0.1, -0.05) is 12.8 Å². The molecule has 3 rings (SSSR count). The normalized spacial score (nSPS) is 24.0. The van der Waals surface area contributed by atoms with E-state index in [4.69, 9.17) is 0 Å². The summed E-state index contributed by atoms with van der Waals surface area (Å²) < 4.78 is 28.0. The van der Waals surface area contributed by atoms with Crippen molar-refractivity contribution in [3.8, 4) is 0 Å². The fourth-order valence-electron chi connectivity index (χ4n) is 3.33. The van der Waals surface area contributed by atoms with E-state index < -0.39 is 10.0 Å². The monoisotopic (exact) mass is 420 g/mol. The van der Waals surface area contributed by atoms with Crippen LogP contribution in [0, 0.1) is 5.92 Å². The fraction of sp³-hybridized carbons (Fsp3) is 0.667. The third kappa shape index (κ3) is 3.97. The molecule has 0 radical (unpaired) electrons. The van der Waals surface area contributed by atoms with Crippen molar-refractivity contribution in [3.05, 3.63) is 15.9 Å². The van der Waals surface area contributed by atoms with Crippen LogP contribution in [0.3, 0.4) is 0 Å². The quantitative estimate of drug-likeness (QED) is 0.813. The number of carbonyl (C=O) groups is 1. The lowest BCUT2D eigenvalue weighted by Crippen LogP contribution is -2.47. The summed E-state index contributed by atoms with van der Waals surface area (Å²) in [6, 6.07) is 3.64. The molecular formula is C15H21BrN2O3S2. The number of hydrogen-bond donors (Lipinski definition) is 1. The van der Waals surface area contributed by atoms with Crippen LogP contribution in [-0.4, -0.2) is 37.8 Å². The molecule has 1 saturated heterocycles. The SMILES string of the molecule is O=C(NC1CCCC1)C1CCCN(S(=O)(=O)c2ccc(Br)s2)C1. The topological polar surface area (TPSA) is 66.5 Å². The van der Waals surface area contributed by atoms with Crippen molar-refractivity contribution in [2.24, 2.45) is 5.92 Å². The van der Waals surface area contributed by atoms with Gasteiger partial charge in [0.25, 0.3) is 10.0 Å². The van der Waals surface area contributed by atoms with Crippen molar-refractivity contribution in [2.75, 3.05) is 13.1 Å². The van der Waals surface area contributed by atoms with Crippen LogP contribution in [0.5, 0.6) is 0 Å². The Morgan fingerprint density at radius 3 is 2.61 bits per heavy atom. The first-order valence-corrected chi connectivity index (χ1v) is 11.1. The molecule has 1 aromatic rings. The van der Waals surface area contributed by atoms with Gasteiger partial charge in [-0.15, -0.1) is 11.3 Å². The van der Waals surface area contributed by atoms with Crippen LogP contribution < -0.4 is 5.32 Å². The maximum absolute atomic E-state index is 12.7. The van der Waals surface area contributed by atoms with Crippen LogP contribution in [0.25, 0.3) is 0 Å². The summed E-state index contributed by atoms with van der Waals surface area (Å²) in [7, 11) is -3.49. The first-order chi connectivity index (χ1) is 11.0. The van der Waals surface area contributed by atoms with Gasteiger partial charge in [0.2, 0.25) is 5.91 Å². The maximum atomic E-state index is 12.7. The molecule has 2 heterocycles. The molecule has 1 aromatic heterocycles. The summed E-state index contributed by atoms with van der Waals surface area (Å²) in [5.41, 5.74) is 0. The van der Waals surface area contributed by atoms with Crippen molar-refractivity contribution < 1.29 is 13.2 Å². The number of nitrogens with one attached hydrogen (secondary N) is 1. The summed E-state index contributed by atoms with van der Waals surface area (Å²) in [5, 5.41) is 3.10.